The minimum atomic E-state index is -0.236. The summed E-state index contributed by atoms with van der Waals surface area (Å²) >= 11 is 0. The van der Waals surface area contributed by atoms with Crippen LogP contribution in [0.2, 0.25) is 0 Å². The van der Waals surface area contributed by atoms with E-state index in [-0.39, 0.29) is 12.1 Å². The van der Waals surface area contributed by atoms with E-state index in [0.29, 0.717) is 0 Å². The second kappa shape index (κ2) is 12.3. The van der Waals surface area contributed by atoms with Crippen LogP contribution in [0.4, 0.5) is 0 Å². The van der Waals surface area contributed by atoms with Gasteiger partial charge in [-0.25, -0.2) is 0 Å². The summed E-state index contributed by atoms with van der Waals surface area (Å²) in [5.74, 6) is 1.90. The van der Waals surface area contributed by atoms with Gasteiger partial charge in [0.15, 0.2) is 6.10 Å². The average Bonchev–Trinajstić information content (AvgIpc) is 4.04. The molecule has 4 heteroatoms. The lowest BCUT2D eigenvalue weighted by atomic mass is 9.85. The predicted octanol–water partition coefficient (Wildman–Crippen LogP) is 13.9. The number of aromatic nitrogens is 2. The van der Waals surface area contributed by atoms with Crippen molar-refractivity contribution in [2.45, 2.75) is 25.5 Å². The van der Waals surface area contributed by atoms with Gasteiger partial charge >= 0.3 is 0 Å². The molecule has 3 aromatic heterocycles. The number of benzene rings is 8. The zero-order valence-electron chi connectivity index (χ0n) is 32.4. The number of hydrogen-bond donors (Lipinski definition) is 0. The largest absolute Gasteiger partial charge is 0.483 e. The Kier molecular flexibility index (Phi) is 6.80. The minimum Gasteiger partial charge on any atom is -0.483 e. The Bertz CT molecular complexity index is 3550. The SMILES string of the molecule is CCC1=C(c2ccc(-c3ccccc3)cc2)C2Oc3ccccc3C2N=C1n1c2ccc(-c3ccccc3)cc2c2c3c4ccccc4n4c5ccccc5c(cc21)c34. The molecular weight excluding hydrogens is 719 g/mol. The van der Waals surface area contributed by atoms with Crippen LogP contribution >= 0.6 is 0 Å². The van der Waals surface area contributed by atoms with Gasteiger partial charge in [0, 0.05) is 49.0 Å². The summed E-state index contributed by atoms with van der Waals surface area (Å²) < 4.78 is 11.9. The molecule has 0 fully saturated rings. The fourth-order valence-corrected chi connectivity index (χ4v) is 10.5. The van der Waals surface area contributed by atoms with Gasteiger partial charge in [-0.05, 0) is 70.6 Å². The number of hydrogen-bond acceptors (Lipinski definition) is 2. The lowest BCUT2D eigenvalue weighted by Gasteiger charge is -2.30. The first-order chi connectivity index (χ1) is 29.2. The topological polar surface area (TPSA) is 30.9 Å². The highest BCUT2D eigenvalue weighted by atomic mass is 16.5. The van der Waals surface area contributed by atoms with E-state index in [1.165, 1.54) is 93.3 Å². The van der Waals surface area contributed by atoms with E-state index in [9.17, 15) is 0 Å². The standard InChI is InChI=1S/C55H37N3O/c1-2-38-49(36-27-25-35(26-28-36)33-15-5-3-6-16-33)54-52(41-21-11-14-24-48(41)59-54)56-55(38)58-46-30-29-37(34-17-7-4-8-18-34)31-43(46)50-47(58)32-42-39-19-9-12-22-44(39)57-45-23-13-10-20-40(45)51(50)53(42)57/h3-32,52,54H,2H2,1H3. The van der Waals surface area contributed by atoms with Crippen LogP contribution in [0, 0.1) is 0 Å². The molecule has 2 aliphatic rings. The number of fused-ring (bicyclic) bond motifs is 13. The van der Waals surface area contributed by atoms with E-state index < -0.39 is 0 Å². The molecule has 8 aromatic carbocycles. The fourth-order valence-electron chi connectivity index (χ4n) is 10.5. The number of nitrogens with zero attached hydrogens (tertiary/aromatic N) is 3. The number of rotatable bonds is 4. The summed E-state index contributed by atoms with van der Waals surface area (Å²) in [5, 5.41) is 7.56. The first-order valence-electron chi connectivity index (χ1n) is 20.7. The number of allylic oxidation sites excluding steroid dienone is 1. The van der Waals surface area contributed by atoms with Crippen molar-refractivity contribution in [2.75, 3.05) is 0 Å². The Hall–Kier alpha value is -7.43. The summed E-state index contributed by atoms with van der Waals surface area (Å²) in [7, 11) is 0. The Morgan fingerprint density at radius 3 is 1.86 bits per heavy atom. The van der Waals surface area contributed by atoms with E-state index in [1.54, 1.807) is 0 Å². The molecule has 0 aliphatic carbocycles. The molecule has 4 nitrogen and oxygen atoms in total. The first-order valence-corrected chi connectivity index (χ1v) is 20.7. The average molecular weight is 756 g/mol. The monoisotopic (exact) mass is 755 g/mol. The molecule has 5 heterocycles. The van der Waals surface area contributed by atoms with E-state index in [2.05, 4.69) is 198 Å². The fraction of sp³-hybridized carbons (Fsp3) is 0.0727. The van der Waals surface area contributed by atoms with Crippen molar-refractivity contribution >= 4 is 71.3 Å². The Morgan fingerprint density at radius 2 is 1.10 bits per heavy atom. The first kappa shape index (κ1) is 32.6. The van der Waals surface area contributed by atoms with Crippen molar-refractivity contribution in [1.82, 2.24) is 8.97 Å². The normalized spacial score (nSPS) is 16.5. The van der Waals surface area contributed by atoms with Crippen molar-refractivity contribution in [3.63, 3.8) is 0 Å². The molecule has 0 radical (unpaired) electrons. The minimum absolute atomic E-state index is 0.196. The predicted molar refractivity (Wildman–Crippen MR) is 245 cm³/mol. The number of dihydropyridines is 1. The molecule has 13 rings (SSSR count). The lowest BCUT2D eigenvalue weighted by molar-refractivity contribution is 0.265. The molecule has 0 N–H and O–H groups in total. The maximum Gasteiger partial charge on any atom is 0.151 e. The highest BCUT2D eigenvalue weighted by molar-refractivity contribution is 6.37. The Morgan fingerprint density at radius 1 is 0.492 bits per heavy atom. The van der Waals surface area contributed by atoms with Crippen LogP contribution in [-0.2, 0) is 0 Å². The van der Waals surface area contributed by atoms with Crippen LogP contribution in [0.5, 0.6) is 5.75 Å². The number of ether oxygens (including phenoxy) is 1. The quantitative estimate of drug-likeness (QED) is 0.176. The van der Waals surface area contributed by atoms with Gasteiger partial charge in [0.05, 0.1) is 27.6 Å². The summed E-state index contributed by atoms with van der Waals surface area (Å²) in [6.45, 7) is 2.27. The molecule has 0 bridgehead atoms. The van der Waals surface area contributed by atoms with Gasteiger partial charge in [-0.2, -0.15) is 0 Å². The van der Waals surface area contributed by atoms with E-state index in [0.717, 1.165) is 29.1 Å². The molecular formula is C55H37N3O. The van der Waals surface area contributed by atoms with Crippen LogP contribution in [0.3, 0.4) is 0 Å². The summed E-state index contributed by atoms with van der Waals surface area (Å²) in [5.41, 5.74) is 15.6. The molecule has 59 heavy (non-hydrogen) atoms. The van der Waals surface area contributed by atoms with E-state index in [4.69, 9.17) is 9.73 Å². The Labute approximate surface area is 340 Å². The third kappa shape index (κ3) is 4.51. The maximum absolute atomic E-state index is 6.93. The maximum atomic E-state index is 6.93. The lowest BCUT2D eigenvalue weighted by Crippen LogP contribution is -2.31. The van der Waals surface area contributed by atoms with Crippen LogP contribution in [-0.4, -0.2) is 20.9 Å². The molecule has 0 amide bonds. The second-order valence-corrected chi connectivity index (χ2v) is 16.0. The van der Waals surface area contributed by atoms with E-state index in [1.807, 2.05) is 0 Å². The van der Waals surface area contributed by atoms with Gasteiger partial charge in [0.1, 0.15) is 17.6 Å². The Balaban J connectivity index is 1.16. The van der Waals surface area contributed by atoms with Crippen molar-refractivity contribution < 1.29 is 4.74 Å². The van der Waals surface area contributed by atoms with Crippen LogP contribution < -0.4 is 4.74 Å². The van der Waals surface area contributed by atoms with E-state index >= 15 is 0 Å². The van der Waals surface area contributed by atoms with Crippen LogP contribution in [0.25, 0.3) is 87.7 Å². The van der Waals surface area contributed by atoms with Gasteiger partial charge in [0.2, 0.25) is 0 Å². The molecule has 0 saturated carbocycles. The van der Waals surface area contributed by atoms with Crippen molar-refractivity contribution in [1.29, 1.82) is 0 Å². The summed E-state index contributed by atoms with van der Waals surface area (Å²) in [4.78, 5) is 5.84. The highest BCUT2D eigenvalue weighted by Crippen LogP contribution is 2.51. The van der Waals surface area contributed by atoms with Crippen LogP contribution in [0.1, 0.15) is 30.5 Å². The van der Waals surface area contributed by atoms with Crippen LogP contribution in [0.15, 0.2) is 193 Å². The van der Waals surface area contributed by atoms with Gasteiger partial charge in [-0.1, -0.05) is 153 Å². The van der Waals surface area contributed by atoms with Crippen molar-refractivity contribution in [2.24, 2.45) is 4.99 Å². The molecule has 278 valence electrons. The third-order valence-electron chi connectivity index (χ3n) is 13.0. The third-order valence-corrected chi connectivity index (χ3v) is 13.0. The zero-order chi connectivity index (χ0) is 38.8. The van der Waals surface area contributed by atoms with Crippen molar-refractivity contribution in [3.8, 4) is 28.0 Å². The second-order valence-electron chi connectivity index (χ2n) is 16.0. The molecule has 0 saturated heterocycles. The molecule has 2 aliphatic heterocycles. The molecule has 11 aromatic rings. The molecule has 2 unspecified atom stereocenters. The summed E-state index contributed by atoms with van der Waals surface area (Å²) in [6.07, 6.45) is 0.554. The van der Waals surface area contributed by atoms with Gasteiger partial charge in [0.25, 0.3) is 0 Å². The number of aliphatic imine (C=N–C) groups is 1. The molecule has 0 spiro atoms. The zero-order valence-corrected chi connectivity index (χ0v) is 32.4. The van der Waals surface area contributed by atoms with Crippen molar-refractivity contribution in [3.05, 3.63) is 199 Å². The van der Waals surface area contributed by atoms with Gasteiger partial charge < -0.3 is 9.14 Å². The smallest absolute Gasteiger partial charge is 0.151 e. The summed E-state index contributed by atoms with van der Waals surface area (Å²) in [6, 6.07) is 66.0. The van der Waals surface area contributed by atoms with Gasteiger partial charge in [-0.15, -0.1) is 0 Å². The highest BCUT2D eigenvalue weighted by Gasteiger charge is 2.43. The number of para-hydroxylation sites is 3. The van der Waals surface area contributed by atoms with Gasteiger partial charge in [-0.3, -0.25) is 9.56 Å². The molecule has 2 atom stereocenters.